The number of aryl methyl sites for hydroxylation is 2. The van der Waals surface area contributed by atoms with Crippen LogP contribution in [0.15, 0.2) is 54.9 Å². The summed E-state index contributed by atoms with van der Waals surface area (Å²) in [6, 6.07) is 12.7. The van der Waals surface area contributed by atoms with Gasteiger partial charge in [-0.25, -0.2) is 4.98 Å². The first-order chi connectivity index (χ1) is 13.8. The van der Waals surface area contributed by atoms with Crippen molar-refractivity contribution in [2.45, 2.75) is 26.7 Å². The number of nitrogens with one attached hydrogen (secondary N) is 1. The van der Waals surface area contributed by atoms with Gasteiger partial charge in [0.05, 0.1) is 0 Å². The van der Waals surface area contributed by atoms with E-state index in [9.17, 15) is 9.59 Å². The van der Waals surface area contributed by atoms with E-state index in [1.54, 1.807) is 48.3 Å². The Hall–Kier alpha value is -3.41. The summed E-state index contributed by atoms with van der Waals surface area (Å²) in [5.74, 6) is 0.974. The van der Waals surface area contributed by atoms with E-state index in [0.717, 1.165) is 16.9 Å². The van der Waals surface area contributed by atoms with Crippen LogP contribution < -0.4 is 10.1 Å². The van der Waals surface area contributed by atoms with Gasteiger partial charge in [-0.1, -0.05) is 26.0 Å². The molecule has 0 fully saturated rings. The number of benzene rings is 2. The summed E-state index contributed by atoms with van der Waals surface area (Å²) in [7, 11) is 1.77. The molecule has 3 rings (SSSR count). The zero-order chi connectivity index (χ0) is 21.0. The first-order valence-corrected chi connectivity index (χ1v) is 9.50. The topological polar surface area (TPSA) is 73.2 Å². The van der Waals surface area contributed by atoms with E-state index in [4.69, 9.17) is 4.74 Å². The molecule has 0 spiro atoms. The average Bonchev–Trinajstić information content (AvgIpc) is 3.12. The number of carbonyl (C=O) groups is 2. The number of ether oxygens (including phenoxy) is 1. The van der Waals surface area contributed by atoms with E-state index in [-0.39, 0.29) is 18.3 Å². The first-order valence-electron chi connectivity index (χ1n) is 9.50. The maximum atomic E-state index is 12.4. The van der Waals surface area contributed by atoms with Crippen molar-refractivity contribution in [3.8, 4) is 5.75 Å². The molecule has 0 aliphatic carbocycles. The summed E-state index contributed by atoms with van der Waals surface area (Å²) < 4.78 is 7.43. The van der Waals surface area contributed by atoms with Crippen LogP contribution in [0.2, 0.25) is 0 Å². The molecule has 0 atom stereocenters. The minimum atomic E-state index is -0.260. The Morgan fingerprint density at radius 2 is 1.86 bits per heavy atom. The smallest absolute Gasteiger partial charge is 0.262 e. The SMILES string of the molecule is Cc1ccc(C(C)C)c(OCC(=O)Nc2ccc(C(=O)c3nccn3C)cc2)c1. The number of ketones is 1. The summed E-state index contributed by atoms with van der Waals surface area (Å²) >= 11 is 0. The number of amides is 1. The average molecular weight is 391 g/mol. The predicted octanol–water partition coefficient (Wildman–Crippen LogP) is 4.10. The van der Waals surface area contributed by atoms with Crippen molar-refractivity contribution >= 4 is 17.4 Å². The third-order valence-electron chi connectivity index (χ3n) is 4.60. The Morgan fingerprint density at radius 3 is 2.48 bits per heavy atom. The van der Waals surface area contributed by atoms with E-state index in [0.29, 0.717) is 23.0 Å². The van der Waals surface area contributed by atoms with Crippen LogP contribution in [0.4, 0.5) is 5.69 Å². The lowest BCUT2D eigenvalue weighted by Gasteiger charge is -2.15. The summed E-state index contributed by atoms with van der Waals surface area (Å²) in [5, 5.41) is 2.79. The van der Waals surface area contributed by atoms with Crippen LogP contribution >= 0.6 is 0 Å². The van der Waals surface area contributed by atoms with Crippen molar-refractivity contribution in [3.63, 3.8) is 0 Å². The van der Waals surface area contributed by atoms with Crippen molar-refractivity contribution < 1.29 is 14.3 Å². The highest BCUT2D eigenvalue weighted by molar-refractivity contribution is 6.07. The Kier molecular flexibility index (Phi) is 6.12. The van der Waals surface area contributed by atoms with E-state index in [2.05, 4.69) is 24.1 Å². The van der Waals surface area contributed by atoms with Crippen LogP contribution in [0.3, 0.4) is 0 Å². The first kappa shape index (κ1) is 20.3. The van der Waals surface area contributed by atoms with Crippen molar-refractivity contribution in [1.82, 2.24) is 9.55 Å². The molecule has 0 saturated carbocycles. The minimum Gasteiger partial charge on any atom is -0.483 e. The van der Waals surface area contributed by atoms with Gasteiger partial charge in [-0.2, -0.15) is 0 Å². The molecule has 6 nitrogen and oxygen atoms in total. The summed E-state index contributed by atoms with van der Waals surface area (Å²) in [5.41, 5.74) is 3.26. The van der Waals surface area contributed by atoms with Crippen molar-refractivity contribution in [2.75, 3.05) is 11.9 Å². The second kappa shape index (κ2) is 8.73. The van der Waals surface area contributed by atoms with Crippen molar-refractivity contribution in [3.05, 3.63) is 77.4 Å². The Bertz CT molecular complexity index is 1020. The highest BCUT2D eigenvalue weighted by Crippen LogP contribution is 2.27. The van der Waals surface area contributed by atoms with Gasteiger partial charge < -0.3 is 14.6 Å². The molecule has 0 bridgehead atoms. The molecule has 6 heteroatoms. The second-order valence-corrected chi connectivity index (χ2v) is 7.30. The van der Waals surface area contributed by atoms with Gasteiger partial charge in [0.25, 0.3) is 5.91 Å². The van der Waals surface area contributed by atoms with Crippen LogP contribution in [0, 0.1) is 6.92 Å². The predicted molar refractivity (Wildman–Crippen MR) is 112 cm³/mol. The molecule has 150 valence electrons. The molecule has 1 heterocycles. The number of nitrogens with zero attached hydrogens (tertiary/aromatic N) is 2. The molecule has 0 aliphatic heterocycles. The zero-order valence-electron chi connectivity index (χ0n) is 17.1. The van der Waals surface area contributed by atoms with E-state index in [1.165, 1.54) is 0 Å². The number of hydrogen-bond donors (Lipinski definition) is 1. The Balaban J connectivity index is 1.61. The van der Waals surface area contributed by atoms with Crippen LogP contribution in [-0.4, -0.2) is 27.8 Å². The monoisotopic (exact) mass is 391 g/mol. The molecule has 0 unspecified atom stereocenters. The van der Waals surface area contributed by atoms with Gasteiger partial charge in [-0.05, 0) is 54.3 Å². The molecule has 0 aliphatic rings. The molecule has 1 aromatic heterocycles. The van der Waals surface area contributed by atoms with Gasteiger partial charge in [0, 0.05) is 30.7 Å². The van der Waals surface area contributed by atoms with Crippen molar-refractivity contribution in [2.24, 2.45) is 7.05 Å². The summed E-state index contributed by atoms with van der Waals surface area (Å²) in [6.07, 6.45) is 3.31. The highest BCUT2D eigenvalue weighted by atomic mass is 16.5. The number of hydrogen-bond acceptors (Lipinski definition) is 4. The second-order valence-electron chi connectivity index (χ2n) is 7.30. The maximum Gasteiger partial charge on any atom is 0.262 e. The molecule has 3 aromatic rings. The Morgan fingerprint density at radius 1 is 1.14 bits per heavy atom. The third-order valence-corrected chi connectivity index (χ3v) is 4.60. The maximum absolute atomic E-state index is 12.4. The fourth-order valence-corrected chi connectivity index (χ4v) is 3.00. The van der Waals surface area contributed by atoms with Gasteiger partial charge in [-0.15, -0.1) is 0 Å². The lowest BCUT2D eigenvalue weighted by atomic mass is 10.0. The number of anilines is 1. The molecule has 0 radical (unpaired) electrons. The lowest BCUT2D eigenvalue weighted by molar-refractivity contribution is -0.118. The fraction of sp³-hybridized carbons (Fsp3) is 0.261. The number of carbonyl (C=O) groups excluding carboxylic acids is 2. The van der Waals surface area contributed by atoms with Gasteiger partial charge in [0.2, 0.25) is 5.78 Å². The Labute approximate surface area is 170 Å². The van der Waals surface area contributed by atoms with Gasteiger partial charge in [0.15, 0.2) is 12.4 Å². The van der Waals surface area contributed by atoms with E-state index in [1.807, 2.05) is 25.1 Å². The number of aromatic nitrogens is 2. The minimum absolute atomic E-state index is 0.0862. The van der Waals surface area contributed by atoms with E-state index >= 15 is 0 Å². The molecule has 0 saturated heterocycles. The highest BCUT2D eigenvalue weighted by Gasteiger charge is 2.14. The molecule has 29 heavy (non-hydrogen) atoms. The molecular weight excluding hydrogens is 366 g/mol. The molecule has 1 amide bonds. The molecule has 1 N–H and O–H groups in total. The normalized spacial score (nSPS) is 10.8. The standard InChI is InChI=1S/C23H25N3O3/c1-15(2)19-10-5-16(3)13-20(19)29-14-21(27)25-18-8-6-17(7-9-18)22(28)23-24-11-12-26(23)4/h5-13,15H,14H2,1-4H3,(H,25,27). The van der Waals surface area contributed by atoms with Crippen LogP contribution in [0.25, 0.3) is 0 Å². The van der Waals surface area contributed by atoms with Crippen molar-refractivity contribution in [1.29, 1.82) is 0 Å². The van der Waals surface area contributed by atoms with Crippen LogP contribution in [0.5, 0.6) is 5.75 Å². The van der Waals surface area contributed by atoms with E-state index < -0.39 is 0 Å². The van der Waals surface area contributed by atoms with Gasteiger partial charge in [0.1, 0.15) is 5.75 Å². The fourth-order valence-electron chi connectivity index (χ4n) is 3.00. The van der Waals surface area contributed by atoms with Gasteiger partial charge >= 0.3 is 0 Å². The summed E-state index contributed by atoms with van der Waals surface area (Å²) in [4.78, 5) is 28.8. The number of rotatable bonds is 7. The summed E-state index contributed by atoms with van der Waals surface area (Å²) in [6.45, 7) is 6.08. The quantitative estimate of drug-likeness (QED) is 0.616. The molecular formula is C23H25N3O3. The van der Waals surface area contributed by atoms with Crippen LogP contribution in [0.1, 0.15) is 47.1 Å². The number of imidazole rings is 1. The third kappa shape index (κ3) is 4.90. The van der Waals surface area contributed by atoms with Crippen LogP contribution in [-0.2, 0) is 11.8 Å². The zero-order valence-corrected chi connectivity index (χ0v) is 17.1. The molecule has 2 aromatic carbocycles. The van der Waals surface area contributed by atoms with Gasteiger partial charge in [-0.3, -0.25) is 9.59 Å². The largest absolute Gasteiger partial charge is 0.483 e. The lowest BCUT2D eigenvalue weighted by Crippen LogP contribution is -2.20.